The number of rotatable bonds is 4. The number of amides is 2. The molecule has 152 valence electrons. The second-order valence-electron chi connectivity index (χ2n) is 7.43. The third kappa shape index (κ3) is 4.20. The average molecular weight is 399 g/mol. The number of piperazine rings is 1. The van der Waals surface area contributed by atoms with E-state index in [1.165, 1.54) is 0 Å². The van der Waals surface area contributed by atoms with Crippen LogP contribution in [-0.2, 0) is 4.79 Å². The maximum atomic E-state index is 13.7. The highest BCUT2D eigenvalue weighted by molar-refractivity contribution is 6.00. The number of anilines is 2. The van der Waals surface area contributed by atoms with Crippen LogP contribution in [0.5, 0.6) is 0 Å². The minimum absolute atomic E-state index is 0.0360. The molecule has 0 bridgehead atoms. The molecule has 1 aliphatic rings. The van der Waals surface area contributed by atoms with E-state index in [2.05, 4.69) is 5.32 Å². The molecule has 0 spiro atoms. The Hall–Kier alpha value is -3.60. The van der Waals surface area contributed by atoms with Crippen molar-refractivity contribution in [1.29, 1.82) is 0 Å². The summed E-state index contributed by atoms with van der Waals surface area (Å²) < 4.78 is 0. The molecule has 0 aromatic heterocycles. The number of hydrogen-bond donors (Lipinski definition) is 1. The van der Waals surface area contributed by atoms with Crippen LogP contribution in [0.3, 0.4) is 0 Å². The van der Waals surface area contributed by atoms with Crippen LogP contribution in [-0.4, -0.2) is 41.2 Å². The van der Waals surface area contributed by atoms with Crippen molar-refractivity contribution in [2.75, 3.05) is 25.0 Å². The lowest BCUT2D eigenvalue weighted by Crippen LogP contribution is -2.52. The summed E-state index contributed by atoms with van der Waals surface area (Å²) in [5, 5.41) is 3.36. The van der Waals surface area contributed by atoms with E-state index in [4.69, 9.17) is 0 Å². The van der Waals surface area contributed by atoms with Crippen LogP contribution < -0.4 is 5.32 Å². The fourth-order valence-corrected chi connectivity index (χ4v) is 3.88. The van der Waals surface area contributed by atoms with Crippen molar-refractivity contribution in [2.45, 2.75) is 13.0 Å². The van der Waals surface area contributed by atoms with Crippen LogP contribution in [0.2, 0.25) is 0 Å². The Labute approximate surface area is 176 Å². The third-order valence-corrected chi connectivity index (χ3v) is 5.48. The summed E-state index contributed by atoms with van der Waals surface area (Å²) in [7, 11) is 0. The van der Waals surface area contributed by atoms with Crippen LogP contribution in [0.15, 0.2) is 84.9 Å². The molecule has 5 heteroatoms. The minimum Gasteiger partial charge on any atom is -0.355 e. The van der Waals surface area contributed by atoms with Crippen LogP contribution in [0.4, 0.5) is 11.4 Å². The highest BCUT2D eigenvalue weighted by atomic mass is 16.2. The maximum Gasteiger partial charge on any atom is 0.256 e. The van der Waals surface area contributed by atoms with Gasteiger partial charge in [0.05, 0.1) is 17.3 Å². The maximum absolute atomic E-state index is 13.7. The van der Waals surface area contributed by atoms with E-state index in [0.717, 1.165) is 16.9 Å². The van der Waals surface area contributed by atoms with E-state index in [0.29, 0.717) is 25.2 Å². The summed E-state index contributed by atoms with van der Waals surface area (Å²) in [5.74, 6) is 0.000241. The van der Waals surface area contributed by atoms with E-state index in [9.17, 15) is 9.59 Å². The number of carbonyl (C=O) groups excluding carboxylic acids is 2. The highest BCUT2D eigenvalue weighted by Crippen LogP contribution is 2.30. The van der Waals surface area contributed by atoms with Crippen LogP contribution >= 0.6 is 0 Å². The molecule has 1 heterocycles. The van der Waals surface area contributed by atoms with Gasteiger partial charge in [-0.2, -0.15) is 0 Å². The van der Waals surface area contributed by atoms with Gasteiger partial charge in [-0.05, 0) is 29.8 Å². The van der Waals surface area contributed by atoms with E-state index in [1.54, 1.807) is 6.92 Å². The van der Waals surface area contributed by atoms with Gasteiger partial charge in [0.2, 0.25) is 5.91 Å². The Morgan fingerprint density at radius 1 is 0.833 bits per heavy atom. The second kappa shape index (κ2) is 8.82. The number of nitrogens with zero attached hydrogens (tertiary/aromatic N) is 2. The van der Waals surface area contributed by atoms with Crippen molar-refractivity contribution in [3.63, 3.8) is 0 Å². The first-order valence-corrected chi connectivity index (χ1v) is 10.2. The van der Waals surface area contributed by atoms with Gasteiger partial charge in [-0.3, -0.25) is 9.59 Å². The van der Waals surface area contributed by atoms with Crippen molar-refractivity contribution in [3.05, 3.63) is 96.1 Å². The molecule has 2 amide bonds. The Balaban J connectivity index is 1.65. The number of benzene rings is 3. The molecule has 5 nitrogen and oxygen atoms in total. The smallest absolute Gasteiger partial charge is 0.256 e. The molecule has 4 rings (SSSR count). The van der Waals surface area contributed by atoms with Crippen LogP contribution in [0, 0.1) is 0 Å². The van der Waals surface area contributed by atoms with E-state index >= 15 is 0 Å². The lowest BCUT2D eigenvalue weighted by atomic mass is 10.0. The molecule has 30 heavy (non-hydrogen) atoms. The average Bonchev–Trinajstić information content (AvgIpc) is 2.80. The standard InChI is InChI=1S/C25H25N3O2/c1-19(29)27-16-17-28(24(18-27)20-10-4-2-5-11-20)25(30)22-14-8-9-15-23(22)26-21-12-6-3-7-13-21/h2-15,24,26H,16-18H2,1H3/t24-/m0/s1. The van der Waals surface area contributed by atoms with Gasteiger partial charge in [-0.15, -0.1) is 0 Å². The van der Waals surface area contributed by atoms with Crippen LogP contribution in [0.1, 0.15) is 28.9 Å². The molecular weight excluding hydrogens is 374 g/mol. The van der Waals surface area contributed by atoms with E-state index in [-0.39, 0.29) is 17.9 Å². The summed E-state index contributed by atoms with van der Waals surface area (Å²) in [6.07, 6.45) is 0. The SMILES string of the molecule is CC(=O)N1CCN(C(=O)c2ccccc2Nc2ccccc2)[C@H](c2ccccc2)C1. The Morgan fingerprint density at radius 2 is 1.47 bits per heavy atom. The summed E-state index contributed by atoms with van der Waals surface area (Å²) in [6.45, 7) is 3.12. The first-order chi connectivity index (χ1) is 14.6. The molecule has 1 N–H and O–H groups in total. The predicted molar refractivity (Wildman–Crippen MR) is 119 cm³/mol. The van der Waals surface area contributed by atoms with E-state index in [1.807, 2.05) is 94.7 Å². The number of carbonyl (C=O) groups is 2. The molecule has 0 aliphatic carbocycles. The number of nitrogens with one attached hydrogen (secondary N) is 1. The molecule has 1 atom stereocenters. The molecule has 1 fully saturated rings. The lowest BCUT2D eigenvalue weighted by Gasteiger charge is -2.41. The molecule has 0 radical (unpaired) electrons. The van der Waals surface area contributed by atoms with Gasteiger partial charge in [0.15, 0.2) is 0 Å². The summed E-state index contributed by atoms with van der Waals surface area (Å²) in [5.41, 5.74) is 3.36. The Morgan fingerprint density at radius 3 is 2.17 bits per heavy atom. The van der Waals surface area contributed by atoms with Crippen molar-refractivity contribution in [1.82, 2.24) is 9.80 Å². The Kier molecular flexibility index (Phi) is 5.80. The second-order valence-corrected chi connectivity index (χ2v) is 7.43. The van der Waals surface area contributed by atoms with Gasteiger partial charge in [0.1, 0.15) is 0 Å². The normalized spacial score (nSPS) is 16.2. The van der Waals surface area contributed by atoms with Gasteiger partial charge >= 0.3 is 0 Å². The summed E-state index contributed by atoms with van der Waals surface area (Å²) in [6, 6.07) is 27.1. The molecule has 1 saturated heterocycles. The zero-order valence-corrected chi connectivity index (χ0v) is 17.0. The van der Waals surface area contributed by atoms with Gasteiger partial charge in [0.25, 0.3) is 5.91 Å². The molecule has 3 aromatic carbocycles. The molecule has 0 saturated carbocycles. The molecule has 3 aromatic rings. The fraction of sp³-hybridized carbons (Fsp3) is 0.200. The topological polar surface area (TPSA) is 52.7 Å². The molecular formula is C25H25N3O2. The van der Waals surface area contributed by atoms with Crippen LogP contribution in [0.25, 0.3) is 0 Å². The molecule has 1 aliphatic heterocycles. The molecule has 0 unspecified atom stereocenters. The van der Waals surface area contributed by atoms with Crippen molar-refractivity contribution >= 4 is 23.2 Å². The van der Waals surface area contributed by atoms with Gasteiger partial charge in [-0.1, -0.05) is 60.7 Å². The zero-order valence-electron chi connectivity index (χ0n) is 17.0. The minimum atomic E-state index is -0.180. The highest BCUT2D eigenvalue weighted by Gasteiger charge is 2.33. The summed E-state index contributed by atoms with van der Waals surface area (Å²) in [4.78, 5) is 29.3. The van der Waals surface area contributed by atoms with E-state index < -0.39 is 0 Å². The van der Waals surface area contributed by atoms with Crippen molar-refractivity contribution in [2.24, 2.45) is 0 Å². The number of para-hydroxylation sites is 2. The number of hydrogen-bond acceptors (Lipinski definition) is 3. The van der Waals surface area contributed by atoms with Crippen molar-refractivity contribution in [3.8, 4) is 0 Å². The fourth-order valence-electron chi connectivity index (χ4n) is 3.88. The van der Waals surface area contributed by atoms with Gasteiger partial charge in [-0.25, -0.2) is 0 Å². The third-order valence-electron chi connectivity index (χ3n) is 5.48. The largest absolute Gasteiger partial charge is 0.355 e. The first-order valence-electron chi connectivity index (χ1n) is 10.2. The van der Waals surface area contributed by atoms with Gasteiger partial charge < -0.3 is 15.1 Å². The predicted octanol–water partition coefficient (Wildman–Crippen LogP) is 4.48. The zero-order chi connectivity index (χ0) is 20.9. The quantitative estimate of drug-likeness (QED) is 0.704. The summed E-state index contributed by atoms with van der Waals surface area (Å²) >= 11 is 0. The first kappa shape index (κ1) is 19.7. The monoisotopic (exact) mass is 399 g/mol. The van der Waals surface area contributed by atoms with Gasteiger partial charge in [0, 0.05) is 32.2 Å². The van der Waals surface area contributed by atoms with Crippen molar-refractivity contribution < 1.29 is 9.59 Å². The Bertz CT molecular complexity index is 1020. The lowest BCUT2D eigenvalue weighted by molar-refractivity contribution is -0.131.